The topological polar surface area (TPSA) is 64.5 Å². The average Bonchev–Trinajstić information content (AvgIpc) is 3.20. The van der Waals surface area contributed by atoms with Gasteiger partial charge in [-0.3, -0.25) is 4.90 Å². The number of fused-ring (bicyclic) bond motifs is 5. The number of nitrogens with zero attached hydrogens (tertiary/aromatic N) is 3. The maximum absolute atomic E-state index is 13.3. The summed E-state index contributed by atoms with van der Waals surface area (Å²) < 4.78 is 11.1. The number of benzene rings is 2. The highest BCUT2D eigenvalue weighted by molar-refractivity contribution is 5.79. The zero-order chi connectivity index (χ0) is 23.1. The van der Waals surface area contributed by atoms with Gasteiger partial charge in [0.1, 0.15) is 6.61 Å². The third kappa shape index (κ3) is 3.54. The first kappa shape index (κ1) is 20.9. The zero-order valence-corrected chi connectivity index (χ0v) is 19.2. The molecule has 1 fully saturated rings. The van der Waals surface area contributed by atoms with E-state index in [1.54, 1.807) is 7.11 Å². The Hall–Kier alpha value is -3.67. The van der Waals surface area contributed by atoms with Crippen LogP contribution in [0.1, 0.15) is 48.4 Å². The van der Waals surface area contributed by atoms with Crippen LogP contribution in [0.15, 0.2) is 66.7 Å². The Balaban J connectivity index is 1.20. The number of carbonyl (C=O) groups excluding carboxylic acids is 1. The maximum atomic E-state index is 13.3. The van der Waals surface area contributed by atoms with Gasteiger partial charge < -0.3 is 9.47 Å². The lowest BCUT2D eigenvalue weighted by Gasteiger charge is -2.44. The number of rotatable bonds is 4. The Kier molecular flexibility index (Phi) is 5.28. The van der Waals surface area contributed by atoms with Crippen molar-refractivity contribution in [1.29, 1.82) is 0 Å². The van der Waals surface area contributed by atoms with E-state index in [0.717, 1.165) is 37.0 Å². The Bertz CT molecular complexity index is 1210. The van der Waals surface area contributed by atoms with Crippen molar-refractivity contribution >= 4 is 11.7 Å². The van der Waals surface area contributed by atoms with E-state index < -0.39 is 0 Å². The van der Waals surface area contributed by atoms with Crippen LogP contribution in [0.3, 0.4) is 0 Å². The Morgan fingerprint density at radius 2 is 1.71 bits per heavy atom. The number of hydrogen-bond acceptors (Lipinski definition) is 5. The molecule has 6 nitrogen and oxygen atoms in total. The van der Waals surface area contributed by atoms with E-state index in [-0.39, 0.29) is 24.1 Å². The molecule has 2 unspecified atom stereocenters. The molecule has 0 radical (unpaired) electrons. The predicted octanol–water partition coefficient (Wildman–Crippen LogP) is 5.44. The highest BCUT2D eigenvalue weighted by Gasteiger charge is 2.39. The first-order valence-electron chi connectivity index (χ1n) is 11.9. The van der Waals surface area contributed by atoms with Crippen LogP contribution in [0.2, 0.25) is 0 Å². The zero-order valence-electron chi connectivity index (χ0n) is 19.2. The second-order valence-corrected chi connectivity index (χ2v) is 9.22. The van der Waals surface area contributed by atoms with Gasteiger partial charge in [0.05, 0.1) is 18.8 Å². The lowest BCUT2D eigenvalue weighted by molar-refractivity contribution is 0.0538. The van der Waals surface area contributed by atoms with Crippen LogP contribution in [0.4, 0.5) is 4.79 Å². The van der Waals surface area contributed by atoms with Gasteiger partial charge in [0.2, 0.25) is 5.88 Å². The van der Waals surface area contributed by atoms with Crippen LogP contribution in [0, 0.1) is 0 Å². The molecular formula is C28H27N3O3. The SMILES string of the molecule is COc1ccc(C2=CC3CCCC(C2)N3C(=O)OCC2c3ccccc3-c3ccccc32)nn1. The van der Waals surface area contributed by atoms with Gasteiger partial charge in [-0.25, -0.2) is 4.79 Å². The summed E-state index contributed by atoms with van der Waals surface area (Å²) in [5, 5.41) is 8.44. The molecule has 2 atom stereocenters. The highest BCUT2D eigenvalue weighted by Crippen LogP contribution is 2.45. The third-order valence-electron chi connectivity index (χ3n) is 7.36. The molecule has 6 rings (SSSR count). The molecule has 0 saturated carbocycles. The summed E-state index contributed by atoms with van der Waals surface area (Å²) in [6.07, 6.45) is 5.75. The lowest BCUT2D eigenvalue weighted by Crippen LogP contribution is -2.52. The summed E-state index contributed by atoms with van der Waals surface area (Å²) in [6, 6.07) is 20.8. The minimum absolute atomic E-state index is 0.0297. The number of ether oxygens (including phenoxy) is 2. The molecule has 1 saturated heterocycles. The molecule has 34 heavy (non-hydrogen) atoms. The first-order chi connectivity index (χ1) is 16.7. The molecule has 2 aliphatic heterocycles. The lowest BCUT2D eigenvalue weighted by atomic mass is 9.84. The molecular weight excluding hydrogens is 426 g/mol. The summed E-state index contributed by atoms with van der Waals surface area (Å²) in [4.78, 5) is 15.3. The summed E-state index contributed by atoms with van der Waals surface area (Å²) in [6.45, 7) is 0.351. The van der Waals surface area contributed by atoms with E-state index in [0.29, 0.717) is 12.5 Å². The van der Waals surface area contributed by atoms with Gasteiger partial charge in [-0.15, -0.1) is 10.2 Å². The van der Waals surface area contributed by atoms with Gasteiger partial charge in [-0.05, 0) is 59.6 Å². The molecule has 3 aliphatic rings. The highest BCUT2D eigenvalue weighted by atomic mass is 16.6. The number of amides is 1. The molecule has 3 heterocycles. The van der Waals surface area contributed by atoms with E-state index in [1.807, 2.05) is 17.0 Å². The molecule has 6 heteroatoms. The van der Waals surface area contributed by atoms with Crippen molar-refractivity contribution in [2.75, 3.05) is 13.7 Å². The van der Waals surface area contributed by atoms with E-state index >= 15 is 0 Å². The van der Waals surface area contributed by atoms with Crippen LogP contribution in [-0.2, 0) is 4.74 Å². The van der Waals surface area contributed by atoms with Crippen molar-refractivity contribution in [2.24, 2.45) is 0 Å². The van der Waals surface area contributed by atoms with Crippen molar-refractivity contribution in [3.63, 3.8) is 0 Å². The van der Waals surface area contributed by atoms with Gasteiger partial charge in [0, 0.05) is 18.0 Å². The van der Waals surface area contributed by atoms with Crippen LogP contribution >= 0.6 is 0 Å². The van der Waals surface area contributed by atoms with Crippen molar-refractivity contribution in [1.82, 2.24) is 15.1 Å². The van der Waals surface area contributed by atoms with Crippen molar-refractivity contribution < 1.29 is 14.3 Å². The fourth-order valence-electron chi connectivity index (χ4n) is 5.77. The van der Waals surface area contributed by atoms with Crippen LogP contribution in [-0.4, -0.2) is 47.0 Å². The maximum Gasteiger partial charge on any atom is 0.410 e. The molecule has 172 valence electrons. The van der Waals surface area contributed by atoms with Crippen LogP contribution in [0.5, 0.6) is 5.88 Å². The molecule has 3 aromatic rings. The Morgan fingerprint density at radius 1 is 0.971 bits per heavy atom. The van der Waals surface area contributed by atoms with Gasteiger partial charge in [0.15, 0.2) is 0 Å². The fourth-order valence-corrected chi connectivity index (χ4v) is 5.77. The summed E-state index contributed by atoms with van der Waals surface area (Å²) >= 11 is 0. The van der Waals surface area contributed by atoms with Gasteiger partial charge in [-0.2, -0.15) is 0 Å². The molecule has 1 amide bonds. The van der Waals surface area contributed by atoms with Gasteiger partial charge in [0.25, 0.3) is 0 Å². The average molecular weight is 454 g/mol. The van der Waals surface area contributed by atoms with Crippen molar-refractivity contribution in [3.05, 3.63) is 83.6 Å². The number of methoxy groups -OCH3 is 1. The molecule has 2 aromatic carbocycles. The number of carbonyl (C=O) groups is 1. The van der Waals surface area contributed by atoms with Crippen LogP contribution in [0.25, 0.3) is 16.7 Å². The van der Waals surface area contributed by atoms with E-state index in [2.05, 4.69) is 64.8 Å². The van der Waals surface area contributed by atoms with Crippen molar-refractivity contribution in [3.8, 4) is 17.0 Å². The number of hydrogen-bond donors (Lipinski definition) is 0. The Labute approximate surface area is 199 Å². The second kappa shape index (κ2) is 8.60. The van der Waals surface area contributed by atoms with Gasteiger partial charge in [-0.1, -0.05) is 54.6 Å². The summed E-state index contributed by atoms with van der Waals surface area (Å²) in [7, 11) is 1.58. The minimum Gasteiger partial charge on any atom is -0.480 e. The number of piperidine rings is 1. The van der Waals surface area contributed by atoms with Gasteiger partial charge >= 0.3 is 6.09 Å². The van der Waals surface area contributed by atoms with E-state index in [1.165, 1.54) is 22.3 Å². The van der Waals surface area contributed by atoms with Crippen LogP contribution < -0.4 is 4.74 Å². The normalized spacial score (nSPS) is 20.9. The molecule has 2 bridgehead atoms. The fraction of sp³-hybridized carbons (Fsp3) is 0.321. The van der Waals surface area contributed by atoms with Crippen molar-refractivity contribution in [2.45, 2.75) is 43.7 Å². The number of aromatic nitrogens is 2. The molecule has 1 aliphatic carbocycles. The van der Waals surface area contributed by atoms with E-state index in [9.17, 15) is 4.79 Å². The standard InChI is InChI=1S/C28H27N3O3/c1-33-27-14-13-26(29-30-27)18-15-19-7-6-8-20(16-18)31(19)28(32)34-17-25-23-11-4-2-9-21(23)22-10-3-5-12-24(22)25/h2-5,9-15,19-20,25H,6-8,16-17H2,1H3. The smallest absolute Gasteiger partial charge is 0.410 e. The predicted molar refractivity (Wildman–Crippen MR) is 130 cm³/mol. The quantitative estimate of drug-likeness (QED) is 0.526. The Morgan fingerprint density at radius 3 is 2.35 bits per heavy atom. The summed E-state index contributed by atoms with van der Waals surface area (Å²) in [5.74, 6) is 0.572. The van der Waals surface area contributed by atoms with E-state index in [4.69, 9.17) is 9.47 Å². The summed E-state index contributed by atoms with van der Waals surface area (Å²) in [5.41, 5.74) is 6.94. The molecule has 1 aromatic heterocycles. The largest absolute Gasteiger partial charge is 0.480 e. The third-order valence-corrected chi connectivity index (χ3v) is 7.36. The first-order valence-corrected chi connectivity index (χ1v) is 11.9. The second-order valence-electron chi connectivity index (χ2n) is 9.22. The monoisotopic (exact) mass is 453 g/mol. The minimum atomic E-state index is -0.215. The molecule has 0 spiro atoms. The molecule has 0 N–H and O–H groups in total.